The van der Waals surface area contributed by atoms with Crippen LogP contribution in [0.15, 0.2) is 53.4 Å². The summed E-state index contributed by atoms with van der Waals surface area (Å²) in [6.45, 7) is 0. The normalized spacial score (nSPS) is 11.0. The van der Waals surface area contributed by atoms with Gasteiger partial charge in [0.1, 0.15) is 0 Å². The van der Waals surface area contributed by atoms with Gasteiger partial charge in [0.25, 0.3) is 5.91 Å². The molecule has 118 valence electrons. The smallest absolute Gasteiger partial charge is 0.255 e. The van der Waals surface area contributed by atoms with Crippen molar-refractivity contribution in [1.29, 1.82) is 5.26 Å². The van der Waals surface area contributed by atoms with Crippen LogP contribution in [0, 0.1) is 11.3 Å². The standard InChI is InChI=1S/C16H15N3O3S/c1-19(2)23(21,22)15-8-4-6-13(10-15)16(20)18-14-7-3-5-12(9-14)11-17/h3-10H,1-2H3,(H,18,20). The Hall–Kier alpha value is -2.69. The third-order valence-corrected chi connectivity index (χ3v) is 4.94. The maximum atomic E-state index is 12.3. The third-order valence-electron chi connectivity index (χ3n) is 3.12. The highest BCUT2D eigenvalue weighted by Crippen LogP contribution is 2.17. The lowest BCUT2D eigenvalue weighted by molar-refractivity contribution is 0.102. The number of sulfonamides is 1. The molecule has 1 amide bonds. The van der Waals surface area contributed by atoms with E-state index in [1.165, 1.54) is 44.4 Å². The quantitative estimate of drug-likeness (QED) is 0.929. The summed E-state index contributed by atoms with van der Waals surface area (Å²) in [5.74, 6) is -0.448. The van der Waals surface area contributed by atoms with Crippen LogP contribution in [0.3, 0.4) is 0 Å². The Balaban J connectivity index is 2.29. The predicted molar refractivity (Wildman–Crippen MR) is 86.4 cm³/mol. The zero-order valence-electron chi connectivity index (χ0n) is 12.6. The van der Waals surface area contributed by atoms with Crippen molar-refractivity contribution in [2.24, 2.45) is 0 Å². The van der Waals surface area contributed by atoms with Crippen LogP contribution in [0.2, 0.25) is 0 Å². The van der Waals surface area contributed by atoms with Gasteiger partial charge in [-0.2, -0.15) is 5.26 Å². The van der Waals surface area contributed by atoms with Crippen molar-refractivity contribution in [2.45, 2.75) is 4.90 Å². The van der Waals surface area contributed by atoms with Crippen LogP contribution in [0.4, 0.5) is 5.69 Å². The first-order valence-electron chi connectivity index (χ1n) is 6.68. The van der Waals surface area contributed by atoms with Crippen molar-refractivity contribution in [1.82, 2.24) is 4.31 Å². The highest BCUT2D eigenvalue weighted by atomic mass is 32.2. The first-order chi connectivity index (χ1) is 10.8. The average molecular weight is 329 g/mol. The molecule has 0 heterocycles. The van der Waals surface area contributed by atoms with E-state index in [-0.39, 0.29) is 10.5 Å². The topological polar surface area (TPSA) is 90.3 Å². The zero-order chi connectivity index (χ0) is 17.0. The molecule has 23 heavy (non-hydrogen) atoms. The molecule has 2 rings (SSSR count). The summed E-state index contributed by atoms with van der Waals surface area (Å²) in [7, 11) is -0.754. The molecule has 0 aliphatic carbocycles. The van der Waals surface area contributed by atoms with Gasteiger partial charge in [-0.3, -0.25) is 4.79 Å². The highest BCUT2D eigenvalue weighted by Gasteiger charge is 2.18. The van der Waals surface area contributed by atoms with E-state index in [1.54, 1.807) is 18.2 Å². The molecule has 0 aromatic heterocycles. The fourth-order valence-electron chi connectivity index (χ4n) is 1.88. The molecule has 2 aromatic rings. The van der Waals surface area contributed by atoms with Crippen molar-refractivity contribution in [3.05, 3.63) is 59.7 Å². The lowest BCUT2D eigenvalue weighted by Crippen LogP contribution is -2.22. The van der Waals surface area contributed by atoms with Gasteiger partial charge in [0.05, 0.1) is 16.5 Å². The van der Waals surface area contributed by atoms with Gasteiger partial charge in [-0.25, -0.2) is 12.7 Å². The molecular weight excluding hydrogens is 314 g/mol. The Kier molecular flexibility index (Phi) is 4.79. The second kappa shape index (κ2) is 6.60. The summed E-state index contributed by atoms with van der Waals surface area (Å²) in [6.07, 6.45) is 0. The van der Waals surface area contributed by atoms with Crippen LogP contribution in [0.5, 0.6) is 0 Å². The molecule has 0 saturated heterocycles. The maximum Gasteiger partial charge on any atom is 0.255 e. The molecule has 0 spiro atoms. The largest absolute Gasteiger partial charge is 0.322 e. The van der Waals surface area contributed by atoms with E-state index in [9.17, 15) is 13.2 Å². The van der Waals surface area contributed by atoms with Gasteiger partial charge in [-0.05, 0) is 36.4 Å². The SMILES string of the molecule is CN(C)S(=O)(=O)c1cccc(C(=O)Nc2cccc(C#N)c2)c1. The Morgan fingerprint density at radius 1 is 1.13 bits per heavy atom. The molecule has 0 atom stereocenters. The van der Waals surface area contributed by atoms with Crippen LogP contribution in [0.25, 0.3) is 0 Å². The van der Waals surface area contributed by atoms with Gasteiger partial charge < -0.3 is 5.32 Å². The average Bonchev–Trinajstić information content (AvgIpc) is 2.55. The Labute approximate surface area is 135 Å². The van der Waals surface area contributed by atoms with E-state index >= 15 is 0 Å². The summed E-state index contributed by atoms with van der Waals surface area (Å²) < 4.78 is 25.3. The number of amides is 1. The van der Waals surface area contributed by atoms with Crippen molar-refractivity contribution in [2.75, 3.05) is 19.4 Å². The summed E-state index contributed by atoms with van der Waals surface area (Å²) in [5.41, 5.74) is 1.11. The number of rotatable bonds is 4. The molecule has 0 unspecified atom stereocenters. The molecule has 6 nitrogen and oxygen atoms in total. The number of nitrogens with zero attached hydrogens (tertiary/aromatic N) is 2. The van der Waals surface area contributed by atoms with Crippen molar-refractivity contribution < 1.29 is 13.2 Å². The molecule has 0 fully saturated rings. The Morgan fingerprint density at radius 2 is 1.83 bits per heavy atom. The minimum Gasteiger partial charge on any atom is -0.322 e. The molecule has 2 aromatic carbocycles. The van der Waals surface area contributed by atoms with Gasteiger partial charge in [0.2, 0.25) is 10.0 Å². The van der Waals surface area contributed by atoms with Gasteiger partial charge in [-0.1, -0.05) is 12.1 Å². The number of carbonyl (C=O) groups is 1. The van der Waals surface area contributed by atoms with Crippen LogP contribution in [0.1, 0.15) is 15.9 Å². The minimum absolute atomic E-state index is 0.0425. The van der Waals surface area contributed by atoms with Crippen LogP contribution in [-0.2, 0) is 10.0 Å². The first-order valence-corrected chi connectivity index (χ1v) is 8.12. The third kappa shape index (κ3) is 3.74. The van der Waals surface area contributed by atoms with E-state index < -0.39 is 15.9 Å². The van der Waals surface area contributed by atoms with Gasteiger partial charge in [0.15, 0.2) is 0 Å². The van der Waals surface area contributed by atoms with E-state index in [0.717, 1.165) is 4.31 Å². The van der Waals surface area contributed by atoms with Crippen molar-refractivity contribution in [3.8, 4) is 6.07 Å². The Morgan fingerprint density at radius 3 is 2.48 bits per heavy atom. The fraction of sp³-hybridized carbons (Fsp3) is 0.125. The summed E-state index contributed by atoms with van der Waals surface area (Å²) in [6, 6.07) is 14.2. The molecule has 0 radical (unpaired) electrons. The molecule has 7 heteroatoms. The van der Waals surface area contributed by atoms with Crippen molar-refractivity contribution >= 4 is 21.6 Å². The van der Waals surface area contributed by atoms with Gasteiger partial charge in [0, 0.05) is 25.3 Å². The zero-order valence-corrected chi connectivity index (χ0v) is 13.5. The summed E-state index contributed by atoms with van der Waals surface area (Å²) in [4.78, 5) is 12.3. The van der Waals surface area contributed by atoms with Crippen LogP contribution >= 0.6 is 0 Å². The van der Waals surface area contributed by atoms with E-state index in [2.05, 4.69) is 5.32 Å². The number of nitrogens with one attached hydrogen (secondary N) is 1. The van der Waals surface area contributed by atoms with E-state index in [1.807, 2.05) is 6.07 Å². The number of anilines is 1. The lowest BCUT2D eigenvalue weighted by atomic mass is 10.2. The second-order valence-electron chi connectivity index (χ2n) is 4.96. The summed E-state index contributed by atoms with van der Waals surface area (Å²) in [5, 5.41) is 11.5. The Bertz CT molecular complexity index is 883. The molecule has 0 saturated carbocycles. The first kappa shape index (κ1) is 16.7. The number of hydrogen-bond acceptors (Lipinski definition) is 4. The number of benzene rings is 2. The summed E-state index contributed by atoms with van der Waals surface area (Å²) >= 11 is 0. The van der Waals surface area contributed by atoms with Crippen LogP contribution in [-0.4, -0.2) is 32.7 Å². The second-order valence-corrected chi connectivity index (χ2v) is 7.11. The number of hydrogen-bond donors (Lipinski definition) is 1. The number of nitriles is 1. The maximum absolute atomic E-state index is 12.3. The predicted octanol–water partition coefficient (Wildman–Crippen LogP) is 2.06. The molecule has 1 N–H and O–H groups in total. The molecule has 0 aliphatic heterocycles. The highest BCUT2D eigenvalue weighted by molar-refractivity contribution is 7.89. The lowest BCUT2D eigenvalue weighted by Gasteiger charge is -2.12. The molecular formula is C16H15N3O3S. The van der Waals surface area contributed by atoms with Crippen molar-refractivity contribution in [3.63, 3.8) is 0 Å². The van der Waals surface area contributed by atoms with Crippen LogP contribution < -0.4 is 5.32 Å². The molecule has 0 aliphatic rings. The minimum atomic E-state index is -3.61. The van der Waals surface area contributed by atoms with Gasteiger partial charge in [-0.15, -0.1) is 0 Å². The van der Waals surface area contributed by atoms with Gasteiger partial charge >= 0.3 is 0 Å². The van der Waals surface area contributed by atoms with E-state index in [4.69, 9.17) is 5.26 Å². The monoisotopic (exact) mass is 329 g/mol. The number of carbonyl (C=O) groups excluding carboxylic acids is 1. The fourth-order valence-corrected chi connectivity index (χ4v) is 2.83. The molecule has 0 bridgehead atoms. The van der Waals surface area contributed by atoms with E-state index in [0.29, 0.717) is 11.3 Å².